The number of hydrogen-bond acceptors (Lipinski definition) is 3. The van der Waals surface area contributed by atoms with Crippen LogP contribution in [-0.4, -0.2) is 35.9 Å². The summed E-state index contributed by atoms with van der Waals surface area (Å²) < 4.78 is 20.4. The third kappa shape index (κ3) is 7.42. The number of hydrogen-bond donors (Lipinski definition) is 1. The van der Waals surface area contributed by atoms with Crippen molar-refractivity contribution < 1.29 is 18.7 Å². The minimum atomic E-state index is -0.760. The molecule has 0 aliphatic heterocycles. The fourth-order valence-corrected chi connectivity index (χ4v) is 3.98. The van der Waals surface area contributed by atoms with E-state index in [1.165, 1.54) is 17.0 Å². The highest BCUT2D eigenvalue weighted by Gasteiger charge is 2.30. The number of benzene rings is 3. The molecule has 0 fully saturated rings. The molecule has 0 aromatic heterocycles. The second-order valence-electron chi connectivity index (χ2n) is 7.87. The molecule has 0 radical (unpaired) electrons. The molecule has 1 atom stereocenters. The fraction of sp³-hybridized carbons (Fsp3) is 0.259. The largest absolute Gasteiger partial charge is 0.481 e. The van der Waals surface area contributed by atoms with Crippen LogP contribution in [0.5, 0.6) is 5.75 Å². The summed E-state index contributed by atoms with van der Waals surface area (Å²) in [6.07, 6.45) is 1.12. The van der Waals surface area contributed by atoms with Gasteiger partial charge in [-0.1, -0.05) is 77.5 Å². The van der Waals surface area contributed by atoms with E-state index in [-0.39, 0.29) is 24.8 Å². The van der Waals surface area contributed by atoms with Gasteiger partial charge in [0.25, 0.3) is 5.91 Å². The minimum Gasteiger partial charge on any atom is -0.481 e. The number of ether oxygens (including phenoxy) is 1. The smallest absolute Gasteiger partial charge is 0.261 e. The predicted octanol–water partition coefficient (Wildman–Crippen LogP) is 5.13. The van der Waals surface area contributed by atoms with E-state index in [0.717, 1.165) is 22.0 Å². The van der Waals surface area contributed by atoms with Gasteiger partial charge in [-0.05, 0) is 41.8 Å². The number of carbonyl (C=O) groups excluding carboxylic acids is 2. The number of carbonyl (C=O) groups is 2. The van der Waals surface area contributed by atoms with E-state index in [1.807, 2.05) is 61.5 Å². The number of amides is 2. The molecule has 0 spiro atoms. The van der Waals surface area contributed by atoms with E-state index in [4.69, 9.17) is 4.74 Å². The van der Waals surface area contributed by atoms with Crippen LogP contribution in [0.15, 0.2) is 83.3 Å². The molecule has 0 saturated heterocycles. The van der Waals surface area contributed by atoms with E-state index in [0.29, 0.717) is 13.0 Å². The molecule has 7 heteroatoms. The topological polar surface area (TPSA) is 58.6 Å². The molecule has 3 aromatic carbocycles. The van der Waals surface area contributed by atoms with Gasteiger partial charge in [0.05, 0.1) is 0 Å². The molecule has 3 rings (SSSR count). The van der Waals surface area contributed by atoms with E-state index in [1.54, 1.807) is 12.1 Å². The molecule has 2 amide bonds. The van der Waals surface area contributed by atoms with Gasteiger partial charge in [0, 0.05) is 24.0 Å². The number of para-hydroxylation sites is 1. The van der Waals surface area contributed by atoms with Gasteiger partial charge >= 0.3 is 0 Å². The number of nitrogens with zero attached hydrogens (tertiary/aromatic N) is 1. The van der Waals surface area contributed by atoms with Crippen molar-refractivity contribution in [2.45, 2.75) is 32.4 Å². The molecule has 0 aliphatic rings. The Kier molecular flexibility index (Phi) is 9.64. The highest BCUT2D eigenvalue weighted by molar-refractivity contribution is 9.10. The lowest BCUT2D eigenvalue weighted by molar-refractivity contribution is -0.142. The van der Waals surface area contributed by atoms with Gasteiger partial charge in [0.1, 0.15) is 6.04 Å². The lowest BCUT2D eigenvalue weighted by atomic mass is 10.0. The summed E-state index contributed by atoms with van der Waals surface area (Å²) in [6, 6.07) is 22.3. The second kappa shape index (κ2) is 12.9. The molecule has 0 unspecified atom stereocenters. The maximum absolute atomic E-state index is 14.0. The quantitative estimate of drug-likeness (QED) is 0.376. The maximum atomic E-state index is 14.0. The zero-order valence-corrected chi connectivity index (χ0v) is 20.6. The normalized spacial score (nSPS) is 11.5. The SMILES string of the molecule is CCCNC(=O)[C@@H](Cc1ccccc1)N(Cc1cccc(Br)c1)C(=O)COc1ccccc1F. The van der Waals surface area contributed by atoms with Crippen LogP contribution in [0.4, 0.5) is 4.39 Å². The van der Waals surface area contributed by atoms with Crippen molar-refractivity contribution in [3.05, 3.63) is 100 Å². The maximum Gasteiger partial charge on any atom is 0.261 e. The van der Waals surface area contributed by atoms with Crippen molar-refractivity contribution >= 4 is 27.7 Å². The Morgan fingerprint density at radius 3 is 2.41 bits per heavy atom. The monoisotopic (exact) mass is 526 g/mol. The first-order valence-electron chi connectivity index (χ1n) is 11.2. The molecule has 0 aliphatic carbocycles. The Morgan fingerprint density at radius 1 is 1.00 bits per heavy atom. The molecule has 5 nitrogen and oxygen atoms in total. The van der Waals surface area contributed by atoms with Crippen molar-refractivity contribution in [1.82, 2.24) is 10.2 Å². The Balaban J connectivity index is 1.90. The Morgan fingerprint density at radius 2 is 1.71 bits per heavy atom. The summed E-state index contributed by atoms with van der Waals surface area (Å²) in [5, 5.41) is 2.93. The summed E-state index contributed by atoms with van der Waals surface area (Å²) >= 11 is 3.46. The third-order valence-electron chi connectivity index (χ3n) is 5.25. The summed E-state index contributed by atoms with van der Waals surface area (Å²) in [5.41, 5.74) is 1.79. The molecule has 0 bridgehead atoms. The van der Waals surface area contributed by atoms with Gasteiger partial charge in [0.15, 0.2) is 18.2 Å². The third-order valence-corrected chi connectivity index (χ3v) is 5.74. The van der Waals surface area contributed by atoms with E-state index in [2.05, 4.69) is 21.2 Å². The Bertz CT molecular complexity index is 1090. The van der Waals surface area contributed by atoms with Crippen molar-refractivity contribution in [2.24, 2.45) is 0 Å². The number of nitrogens with one attached hydrogen (secondary N) is 1. The lowest BCUT2D eigenvalue weighted by Gasteiger charge is -2.31. The van der Waals surface area contributed by atoms with Crippen molar-refractivity contribution in [2.75, 3.05) is 13.2 Å². The van der Waals surface area contributed by atoms with Gasteiger partial charge in [-0.15, -0.1) is 0 Å². The van der Waals surface area contributed by atoms with Crippen LogP contribution in [0.1, 0.15) is 24.5 Å². The van der Waals surface area contributed by atoms with Crippen LogP contribution in [0, 0.1) is 5.82 Å². The predicted molar refractivity (Wildman–Crippen MR) is 134 cm³/mol. The van der Waals surface area contributed by atoms with Gasteiger partial charge in [-0.3, -0.25) is 9.59 Å². The van der Waals surface area contributed by atoms with Gasteiger partial charge in [0.2, 0.25) is 5.91 Å². The number of rotatable bonds is 11. The van der Waals surface area contributed by atoms with Crippen LogP contribution in [0.25, 0.3) is 0 Å². The minimum absolute atomic E-state index is 0.00620. The van der Waals surface area contributed by atoms with Crippen molar-refractivity contribution in [3.8, 4) is 5.75 Å². The highest BCUT2D eigenvalue weighted by atomic mass is 79.9. The van der Waals surface area contributed by atoms with Crippen LogP contribution >= 0.6 is 15.9 Å². The summed E-state index contributed by atoms with van der Waals surface area (Å²) in [6.45, 7) is 2.30. The highest BCUT2D eigenvalue weighted by Crippen LogP contribution is 2.19. The van der Waals surface area contributed by atoms with Crippen molar-refractivity contribution in [1.29, 1.82) is 0 Å². The van der Waals surface area contributed by atoms with Gasteiger partial charge < -0.3 is 15.0 Å². The van der Waals surface area contributed by atoms with E-state index >= 15 is 0 Å². The average Bonchev–Trinajstić information content (AvgIpc) is 2.84. The van der Waals surface area contributed by atoms with Crippen molar-refractivity contribution in [3.63, 3.8) is 0 Å². The zero-order valence-electron chi connectivity index (χ0n) is 19.0. The first-order chi connectivity index (χ1) is 16.5. The van der Waals surface area contributed by atoms with Crippen LogP contribution in [0.2, 0.25) is 0 Å². The van der Waals surface area contributed by atoms with Gasteiger partial charge in [-0.2, -0.15) is 0 Å². The zero-order chi connectivity index (χ0) is 24.3. The molecule has 3 aromatic rings. The summed E-state index contributed by atoms with van der Waals surface area (Å²) in [4.78, 5) is 28.2. The Hall–Kier alpha value is -3.19. The van der Waals surface area contributed by atoms with E-state index in [9.17, 15) is 14.0 Å². The first-order valence-corrected chi connectivity index (χ1v) is 12.0. The lowest BCUT2D eigenvalue weighted by Crippen LogP contribution is -2.51. The first kappa shape index (κ1) is 25.4. The second-order valence-corrected chi connectivity index (χ2v) is 8.78. The molecular formula is C27H28BrFN2O3. The molecule has 178 valence electrons. The molecule has 0 saturated carbocycles. The van der Waals surface area contributed by atoms with Gasteiger partial charge in [-0.25, -0.2) is 4.39 Å². The van der Waals surface area contributed by atoms with Crippen LogP contribution < -0.4 is 10.1 Å². The van der Waals surface area contributed by atoms with Crippen LogP contribution in [-0.2, 0) is 22.6 Å². The molecule has 34 heavy (non-hydrogen) atoms. The average molecular weight is 527 g/mol. The summed E-state index contributed by atoms with van der Waals surface area (Å²) in [7, 11) is 0. The molecular weight excluding hydrogens is 499 g/mol. The summed E-state index contributed by atoms with van der Waals surface area (Å²) in [5.74, 6) is -1.19. The Labute approximate surface area is 208 Å². The fourth-order valence-electron chi connectivity index (χ4n) is 3.54. The molecule has 1 N–H and O–H groups in total. The standard InChI is InChI=1S/C27H28BrFN2O3/c1-2-15-30-27(33)24(17-20-9-4-3-5-10-20)31(18-21-11-8-12-22(28)16-21)26(32)19-34-25-14-7-6-13-23(25)29/h3-14,16,24H,2,15,17-19H2,1H3,(H,30,33)/t24-/m1/s1. The number of halogens is 2. The van der Waals surface area contributed by atoms with Crippen LogP contribution in [0.3, 0.4) is 0 Å². The molecule has 0 heterocycles. The van der Waals surface area contributed by atoms with E-state index < -0.39 is 17.8 Å².